The van der Waals surface area contributed by atoms with Crippen LogP contribution in [0.1, 0.15) is 48.5 Å². The molecule has 0 unspecified atom stereocenters. The van der Waals surface area contributed by atoms with Crippen LogP contribution in [0.4, 0.5) is 0 Å². The lowest BCUT2D eigenvalue weighted by atomic mass is 10.0. The van der Waals surface area contributed by atoms with Gasteiger partial charge in [0.1, 0.15) is 5.82 Å². The Hall–Kier alpha value is -2.68. The molecule has 2 heterocycles. The van der Waals surface area contributed by atoms with Crippen LogP contribution in [-0.2, 0) is 13.0 Å². The Morgan fingerprint density at radius 2 is 1.52 bits per heavy atom. The molecule has 4 rings (SSSR count). The zero-order chi connectivity index (χ0) is 16.9. The summed E-state index contributed by atoms with van der Waals surface area (Å²) in [6, 6.07) is 21.0. The molecule has 25 heavy (non-hydrogen) atoms. The standard InChI is InChI=1S/C22H23N3/c1-2-10-16-25-21(15-9-1)23-24-22(25)20(19-13-7-4-8-14-19)17-18-11-5-3-6-12-18/h3-8,11-14,17H,1-2,9-10,15-16H2. The number of hydrogen-bond acceptors (Lipinski definition) is 2. The molecule has 0 spiro atoms. The van der Waals surface area contributed by atoms with E-state index in [9.17, 15) is 0 Å². The maximum Gasteiger partial charge on any atom is 0.164 e. The van der Waals surface area contributed by atoms with E-state index in [0.29, 0.717) is 0 Å². The van der Waals surface area contributed by atoms with Gasteiger partial charge in [0.05, 0.1) is 0 Å². The van der Waals surface area contributed by atoms with Gasteiger partial charge in [-0.1, -0.05) is 73.5 Å². The number of nitrogens with zero attached hydrogens (tertiary/aromatic N) is 3. The third-order valence-electron chi connectivity index (χ3n) is 4.80. The minimum atomic E-state index is 0.993. The summed E-state index contributed by atoms with van der Waals surface area (Å²) in [7, 11) is 0. The van der Waals surface area contributed by atoms with Crippen molar-refractivity contribution in [2.45, 2.75) is 38.6 Å². The molecule has 0 bridgehead atoms. The van der Waals surface area contributed by atoms with Crippen LogP contribution in [-0.4, -0.2) is 14.8 Å². The first-order chi connectivity index (χ1) is 12.4. The van der Waals surface area contributed by atoms with Crippen LogP contribution < -0.4 is 0 Å². The second-order valence-corrected chi connectivity index (χ2v) is 6.59. The molecule has 3 nitrogen and oxygen atoms in total. The molecule has 0 N–H and O–H groups in total. The van der Waals surface area contributed by atoms with Gasteiger partial charge in [0.15, 0.2) is 5.82 Å². The number of fused-ring (bicyclic) bond motifs is 1. The summed E-state index contributed by atoms with van der Waals surface area (Å²) in [6.07, 6.45) is 8.26. The largest absolute Gasteiger partial charge is 0.311 e. The Balaban J connectivity index is 1.83. The Morgan fingerprint density at radius 3 is 2.32 bits per heavy atom. The van der Waals surface area contributed by atoms with Crippen molar-refractivity contribution in [1.82, 2.24) is 14.8 Å². The van der Waals surface area contributed by atoms with Crippen molar-refractivity contribution >= 4 is 11.6 Å². The van der Waals surface area contributed by atoms with E-state index in [1.165, 1.54) is 36.8 Å². The quantitative estimate of drug-likeness (QED) is 0.634. The molecule has 2 aromatic carbocycles. The number of aryl methyl sites for hydroxylation is 1. The summed E-state index contributed by atoms with van der Waals surface area (Å²) >= 11 is 0. The van der Waals surface area contributed by atoms with Crippen LogP contribution in [0.3, 0.4) is 0 Å². The van der Waals surface area contributed by atoms with Gasteiger partial charge in [0, 0.05) is 18.5 Å². The van der Waals surface area contributed by atoms with E-state index in [0.717, 1.165) is 30.2 Å². The van der Waals surface area contributed by atoms with Crippen LogP contribution in [0, 0.1) is 0 Å². The Morgan fingerprint density at radius 1 is 0.800 bits per heavy atom. The molecule has 3 aromatic rings. The van der Waals surface area contributed by atoms with Crippen LogP contribution in [0.2, 0.25) is 0 Å². The van der Waals surface area contributed by atoms with Crippen molar-refractivity contribution in [3.8, 4) is 0 Å². The molecule has 0 saturated carbocycles. The fraction of sp³-hybridized carbons (Fsp3) is 0.273. The summed E-state index contributed by atoms with van der Waals surface area (Å²) in [5, 5.41) is 9.12. The average molecular weight is 329 g/mol. The number of benzene rings is 2. The Bertz CT molecular complexity index is 847. The molecule has 0 saturated heterocycles. The van der Waals surface area contributed by atoms with Gasteiger partial charge < -0.3 is 4.57 Å². The molecular weight excluding hydrogens is 306 g/mol. The van der Waals surface area contributed by atoms with Crippen LogP contribution >= 0.6 is 0 Å². The first-order valence-corrected chi connectivity index (χ1v) is 9.16. The molecule has 0 fully saturated rings. The molecule has 0 amide bonds. The topological polar surface area (TPSA) is 30.7 Å². The first kappa shape index (κ1) is 15.8. The molecule has 126 valence electrons. The lowest BCUT2D eigenvalue weighted by Gasteiger charge is -2.15. The minimum absolute atomic E-state index is 0.993. The Kier molecular flexibility index (Phi) is 4.73. The van der Waals surface area contributed by atoms with Crippen molar-refractivity contribution in [3.63, 3.8) is 0 Å². The molecule has 1 aliphatic heterocycles. The molecule has 1 aromatic heterocycles. The summed E-state index contributed by atoms with van der Waals surface area (Å²) in [5.41, 5.74) is 3.51. The van der Waals surface area contributed by atoms with Gasteiger partial charge in [-0.15, -0.1) is 10.2 Å². The minimum Gasteiger partial charge on any atom is -0.311 e. The van der Waals surface area contributed by atoms with Gasteiger partial charge >= 0.3 is 0 Å². The summed E-state index contributed by atoms with van der Waals surface area (Å²) in [4.78, 5) is 0. The summed E-state index contributed by atoms with van der Waals surface area (Å²) in [5.74, 6) is 2.12. The van der Waals surface area contributed by atoms with Crippen LogP contribution in [0.15, 0.2) is 60.7 Å². The van der Waals surface area contributed by atoms with E-state index in [1.54, 1.807) is 0 Å². The highest BCUT2D eigenvalue weighted by molar-refractivity contribution is 5.89. The molecule has 0 aliphatic carbocycles. The SMILES string of the molecule is C(=C(c1ccccc1)c1nnc2n1CCCCCC2)c1ccccc1. The molecule has 3 heteroatoms. The van der Waals surface area contributed by atoms with Gasteiger partial charge in [0.2, 0.25) is 0 Å². The normalized spacial score (nSPS) is 15.3. The van der Waals surface area contributed by atoms with E-state index in [4.69, 9.17) is 0 Å². The molecular formula is C22H23N3. The van der Waals surface area contributed by atoms with E-state index < -0.39 is 0 Å². The van der Waals surface area contributed by atoms with Crippen molar-refractivity contribution in [2.24, 2.45) is 0 Å². The second kappa shape index (κ2) is 7.47. The summed E-state index contributed by atoms with van der Waals surface area (Å²) < 4.78 is 2.33. The Labute approximate surface area is 149 Å². The fourth-order valence-electron chi connectivity index (χ4n) is 3.47. The summed E-state index contributed by atoms with van der Waals surface area (Å²) in [6.45, 7) is 1.01. The van der Waals surface area contributed by atoms with Crippen molar-refractivity contribution in [1.29, 1.82) is 0 Å². The van der Waals surface area contributed by atoms with Gasteiger partial charge in [-0.2, -0.15) is 0 Å². The predicted molar refractivity (Wildman–Crippen MR) is 102 cm³/mol. The first-order valence-electron chi connectivity index (χ1n) is 9.16. The maximum absolute atomic E-state index is 4.60. The monoisotopic (exact) mass is 329 g/mol. The fourth-order valence-corrected chi connectivity index (χ4v) is 3.47. The van der Waals surface area contributed by atoms with Crippen molar-refractivity contribution in [2.75, 3.05) is 0 Å². The predicted octanol–water partition coefficient (Wildman–Crippen LogP) is 4.98. The van der Waals surface area contributed by atoms with E-state index in [2.05, 4.69) is 75.4 Å². The highest BCUT2D eigenvalue weighted by Crippen LogP contribution is 2.27. The zero-order valence-corrected chi connectivity index (χ0v) is 14.4. The smallest absolute Gasteiger partial charge is 0.164 e. The highest BCUT2D eigenvalue weighted by Gasteiger charge is 2.18. The van der Waals surface area contributed by atoms with Gasteiger partial charge in [-0.3, -0.25) is 0 Å². The molecule has 0 radical (unpaired) electrons. The second-order valence-electron chi connectivity index (χ2n) is 6.59. The van der Waals surface area contributed by atoms with Gasteiger partial charge in [-0.25, -0.2) is 0 Å². The van der Waals surface area contributed by atoms with E-state index >= 15 is 0 Å². The maximum atomic E-state index is 4.60. The van der Waals surface area contributed by atoms with Crippen LogP contribution in [0.25, 0.3) is 11.6 Å². The third kappa shape index (κ3) is 3.55. The van der Waals surface area contributed by atoms with E-state index in [-0.39, 0.29) is 0 Å². The number of rotatable bonds is 3. The third-order valence-corrected chi connectivity index (χ3v) is 4.80. The lowest BCUT2D eigenvalue weighted by Crippen LogP contribution is -2.10. The molecule has 1 aliphatic rings. The van der Waals surface area contributed by atoms with Gasteiger partial charge in [0.25, 0.3) is 0 Å². The average Bonchev–Trinajstić information content (AvgIpc) is 3.02. The highest BCUT2D eigenvalue weighted by atomic mass is 15.3. The van der Waals surface area contributed by atoms with Crippen molar-refractivity contribution in [3.05, 3.63) is 83.4 Å². The zero-order valence-electron chi connectivity index (χ0n) is 14.4. The number of aromatic nitrogens is 3. The number of hydrogen-bond donors (Lipinski definition) is 0. The molecule has 0 atom stereocenters. The van der Waals surface area contributed by atoms with Crippen LogP contribution in [0.5, 0.6) is 0 Å². The van der Waals surface area contributed by atoms with E-state index in [1.807, 2.05) is 6.07 Å². The van der Waals surface area contributed by atoms with Crippen molar-refractivity contribution < 1.29 is 0 Å². The van der Waals surface area contributed by atoms with Gasteiger partial charge in [-0.05, 0) is 30.0 Å². The lowest BCUT2D eigenvalue weighted by molar-refractivity contribution is 0.513.